The number of hydrogen-bond donors (Lipinski definition) is 0. The third kappa shape index (κ3) is 1.88. The Labute approximate surface area is 99.4 Å². The molecule has 1 aliphatic heterocycles. The lowest BCUT2D eigenvalue weighted by Gasteiger charge is -2.19. The fourth-order valence-corrected chi connectivity index (χ4v) is 2.04. The molecule has 0 bridgehead atoms. The molecule has 2 heterocycles. The summed E-state index contributed by atoms with van der Waals surface area (Å²) in [6, 6.07) is 9.93. The van der Waals surface area contributed by atoms with Crippen molar-refractivity contribution in [3.63, 3.8) is 0 Å². The molecule has 17 heavy (non-hydrogen) atoms. The highest BCUT2D eigenvalue weighted by molar-refractivity contribution is 5.59. The maximum Gasteiger partial charge on any atom is 0.135 e. The van der Waals surface area contributed by atoms with Gasteiger partial charge in [0, 0.05) is 24.4 Å². The number of hydrogen-bond acceptors (Lipinski definition) is 1. The molecular weight excluding hydrogens is 215 g/mol. The van der Waals surface area contributed by atoms with E-state index in [9.17, 15) is 4.39 Å². The van der Waals surface area contributed by atoms with Crippen molar-refractivity contribution in [1.29, 1.82) is 0 Å². The number of alkyl halides is 1. The highest BCUT2D eigenvalue weighted by Crippen LogP contribution is 2.27. The average molecular weight is 228 g/mol. The van der Waals surface area contributed by atoms with Crippen LogP contribution in [-0.2, 0) is 6.42 Å². The number of aromatic nitrogens is 2. The van der Waals surface area contributed by atoms with Gasteiger partial charge in [0.2, 0.25) is 0 Å². The van der Waals surface area contributed by atoms with E-state index in [1.54, 1.807) is 19.2 Å². The van der Waals surface area contributed by atoms with Crippen molar-refractivity contribution in [2.45, 2.75) is 19.0 Å². The van der Waals surface area contributed by atoms with Crippen LogP contribution in [0.15, 0.2) is 42.6 Å². The van der Waals surface area contributed by atoms with Crippen molar-refractivity contribution < 1.29 is 4.39 Å². The van der Waals surface area contributed by atoms with E-state index in [-0.39, 0.29) is 0 Å². The first-order valence-electron chi connectivity index (χ1n) is 5.65. The summed E-state index contributed by atoms with van der Waals surface area (Å²) in [4.78, 5) is 4.49. The molecule has 1 aromatic carbocycles. The van der Waals surface area contributed by atoms with Gasteiger partial charge in [0.1, 0.15) is 11.5 Å². The highest BCUT2D eigenvalue weighted by Gasteiger charge is 2.26. The molecule has 0 radical (unpaired) electrons. The van der Waals surface area contributed by atoms with Crippen molar-refractivity contribution >= 4 is 6.20 Å². The van der Waals surface area contributed by atoms with E-state index < -0.39 is 5.67 Å². The smallest absolute Gasteiger partial charge is 0.135 e. The normalized spacial score (nSPS) is 22.5. The van der Waals surface area contributed by atoms with Gasteiger partial charge in [-0.3, -0.25) is 0 Å². The zero-order valence-corrected chi connectivity index (χ0v) is 9.60. The van der Waals surface area contributed by atoms with Gasteiger partial charge in [0.15, 0.2) is 0 Å². The van der Waals surface area contributed by atoms with Gasteiger partial charge in [0.25, 0.3) is 0 Å². The molecule has 0 spiro atoms. The van der Waals surface area contributed by atoms with E-state index in [0.717, 1.165) is 17.1 Å². The van der Waals surface area contributed by atoms with Crippen molar-refractivity contribution in [3.05, 3.63) is 48.4 Å². The largest absolute Gasteiger partial charge is 0.310 e. The summed E-state index contributed by atoms with van der Waals surface area (Å²) < 4.78 is 15.7. The molecule has 1 unspecified atom stereocenters. The Morgan fingerprint density at radius 2 is 2.06 bits per heavy atom. The summed E-state index contributed by atoms with van der Waals surface area (Å²) in [5.74, 6) is 0.774. The minimum atomic E-state index is -1.28. The summed E-state index contributed by atoms with van der Waals surface area (Å²) >= 11 is 0. The number of benzene rings is 1. The van der Waals surface area contributed by atoms with Crippen LogP contribution in [0.5, 0.6) is 0 Å². The quantitative estimate of drug-likeness (QED) is 0.732. The maximum absolute atomic E-state index is 13.8. The lowest BCUT2D eigenvalue weighted by molar-refractivity contribution is 0.248. The number of allylic oxidation sites excluding steroid dienone is 1. The zero-order chi connectivity index (χ0) is 11.9. The van der Waals surface area contributed by atoms with Gasteiger partial charge in [-0.05, 0) is 13.0 Å². The lowest BCUT2D eigenvalue weighted by atomic mass is 10.0. The summed E-state index contributed by atoms with van der Waals surface area (Å²) in [7, 11) is 0. The van der Waals surface area contributed by atoms with Crippen LogP contribution in [0.4, 0.5) is 4.39 Å². The Kier molecular flexibility index (Phi) is 2.15. The predicted molar refractivity (Wildman–Crippen MR) is 66.2 cm³/mol. The minimum absolute atomic E-state index is 0.330. The molecular formula is C14H13FN2. The third-order valence-electron chi connectivity index (χ3n) is 2.96. The summed E-state index contributed by atoms with van der Waals surface area (Å²) in [5, 5.41) is 0. The first kappa shape index (κ1) is 10.3. The molecule has 0 amide bonds. The molecule has 3 heteroatoms. The Bertz CT molecular complexity index is 567. The number of halogens is 1. The Balaban J connectivity index is 2.03. The molecule has 0 N–H and O–H groups in total. The second-order valence-corrected chi connectivity index (χ2v) is 4.59. The zero-order valence-electron chi connectivity index (χ0n) is 9.60. The fraction of sp³-hybridized carbons (Fsp3) is 0.214. The van der Waals surface area contributed by atoms with Crippen LogP contribution >= 0.6 is 0 Å². The number of nitrogens with zero attached hydrogens (tertiary/aromatic N) is 2. The maximum atomic E-state index is 13.8. The van der Waals surface area contributed by atoms with Crippen molar-refractivity contribution in [2.75, 3.05) is 0 Å². The van der Waals surface area contributed by atoms with E-state index in [1.165, 1.54) is 0 Å². The number of fused-ring (bicyclic) bond motifs is 1. The third-order valence-corrected chi connectivity index (χ3v) is 2.96. The highest BCUT2D eigenvalue weighted by atomic mass is 19.1. The van der Waals surface area contributed by atoms with E-state index in [1.807, 2.05) is 41.1 Å². The van der Waals surface area contributed by atoms with Crippen LogP contribution in [0.1, 0.15) is 12.7 Å². The standard InChI is InChI=1S/C14H13FN2/c1-14(15)7-8-17-10-12(16-13(17)9-14)11-5-3-2-4-6-11/h2-8,10H,9H2,1H3. The van der Waals surface area contributed by atoms with Crippen molar-refractivity contribution in [1.82, 2.24) is 9.55 Å². The molecule has 0 fully saturated rings. The van der Waals surface area contributed by atoms with Gasteiger partial charge >= 0.3 is 0 Å². The van der Waals surface area contributed by atoms with Crippen molar-refractivity contribution in [3.8, 4) is 11.3 Å². The topological polar surface area (TPSA) is 17.8 Å². The number of imidazole rings is 1. The van der Waals surface area contributed by atoms with Gasteiger partial charge < -0.3 is 4.57 Å². The van der Waals surface area contributed by atoms with Gasteiger partial charge in [-0.15, -0.1) is 0 Å². The van der Waals surface area contributed by atoms with Gasteiger partial charge in [-0.25, -0.2) is 9.37 Å². The average Bonchev–Trinajstić information content (AvgIpc) is 2.71. The Morgan fingerprint density at radius 3 is 2.82 bits per heavy atom. The predicted octanol–water partition coefficient (Wildman–Crippen LogP) is 3.31. The monoisotopic (exact) mass is 228 g/mol. The first-order valence-corrected chi connectivity index (χ1v) is 5.65. The molecule has 0 aliphatic carbocycles. The molecule has 0 saturated carbocycles. The minimum Gasteiger partial charge on any atom is -0.310 e. The molecule has 1 aromatic heterocycles. The lowest BCUT2D eigenvalue weighted by Crippen LogP contribution is -2.23. The fourth-order valence-electron chi connectivity index (χ4n) is 2.04. The van der Waals surface area contributed by atoms with E-state index in [4.69, 9.17) is 0 Å². The molecule has 2 nitrogen and oxygen atoms in total. The van der Waals surface area contributed by atoms with E-state index in [0.29, 0.717) is 6.42 Å². The van der Waals surface area contributed by atoms with Crippen LogP contribution in [0.2, 0.25) is 0 Å². The molecule has 2 aromatic rings. The molecule has 3 rings (SSSR count). The number of rotatable bonds is 1. The summed E-state index contributed by atoms with van der Waals surface area (Å²) in [5.41, 5.74) is 0.668. The van der Waals surface area contributed by atoms with Gasteiger partial charge in [0.05, 0.1) is 5.69 Å². The van der Waals surface area contributed by atoms with Crippen LogP contribution in [0.3, 0.4) is 0 Å². The van der Waals surface area contributed by atoms with Gasteiger partial charge in [-0.1, -0.05) is 30.3 Å². The van der Waals surface area contributed by atoms with E-state index in [2.05, 4.69) is 4.98 Å². The van der Waals surface area contributed by atoms with Crippen LogP contribution in [0, 0.1) is 0 Å². The second-order valence-electron chi connectivity index (χ2n) is 4.59. The second kappa shape index (κ2) is 3.55. The Hall–Kier alpha value is -1.90. The summed E-state index contributed by atoms with van der Waals surface area (Å²) in [6.45, 7) is 1.57. The van der Waals surface area contributed by atoms with Crippen LogP contribution in [-0.4, -0.2) is 15.2 Å². The van der Waals surface area contributed by atoms with Gasteiger partial charge in [-0.2, -0.15) is 0 Å². The molecule has 0 saturated heterocycles. The molecule has 1 atom stereocenters. The van der Waals surface area contributed by atoms with Crippen molar-refractivity contribution in [2.24, 2.45) is 0 Å². The van der Waals surface area contributed by atoms with Crippen LogP contribution < -0.4 is 0 Å². The summed E-state index contributed by atoms with van der Waals surface area (Å²) in [6.07, 6.45) is 5.60. The van der Waals surface area contributed by atoms with E-state index >= 15 is 0 Å². The van der Waals surface area contributed by atoms with Crippen LogP contribution in [0.25, 0.3) is 17.5 Å². The first-order chi connectivity index (χ1) is 8.14. The SMILES string of the molecule is CC1(F)C=Cn2cc(-c3ccccc3)nc2C1. The molecule has 1 aliphatic rings. The Morgan fingerprint density at radius 1 is 1.29 bits per heavy atom. The molecule has 86 valence electrons.